The molecule has 3 fully saturated rings. The van der Waals surface area contributed by atoms with E-state index in [4.69, 9.17) is 14.7 Å². The van der Waals surface area contributed by atoms with Crippen LogP contribution in [0.3, 0.4) is 0 Å². The van der Waals surface area contributed by atoms with Crippen LogP contribution in [0.5, 0.6) is 5.06 Å². The molecule has 1 aromatic heterocycles. The van der Waals surface area contributed by atoms with Crippen molar-refractivity contribution in [2.24, 2.45) is 17.8 Å². The van der Waals surface area contributed by atoms with Gasteiger partial charge in [0.2, 0.25) is 10.0 Å². The summed E-state index contributed by atoms with van der Waals surface area (Å²) in [5.41, 5.74) is 1.25. The summed E-state index contributed by atoms with van der Waals surface area (Å²) in [6, 6.07) is 16.1. The van der Waals surface area contributed by atoms with Crippen molar-refractivity contribution in [1.82, 2.24) is 4.31 Å². The summed E-state index contributed by atoms with van der Waals surface area (Å²) in [6.07, 6.45) is -0.604. The highest BCUT2D eigenvalue weighted by Crippen LogP contribution is 2.53. The third-order valence-electron chi connectivity index (χ3n) is 7.85. The monoisotopic (exact) mass is 582 g/mol. The van der Waals surface area contributed by atoms with E-state index in [-0.39, 0.29) is 22.6 Å². The molecule has 12 heteroatoms. The van der Waals surface area contributed by atoms with Gasteiger partial charge >= 0.3 is 6.09 Å². The van der Waals surface area contributed by atoms with E-state index >= 15 is 4.39 Å². The standard InChI is InChI=1S/C28H27FN4O5S2/c29-25-14-20(5-8-26(25)31-9-11-37-12-10-31)33(28(34)38-27-2-1-13-39-27)18-24-22-16-32(17-23(22)24)40(35,36)21-6-3-19(15-30)4-7-21/h1-8,13-14,22-24H,9-12,16-18H2. The summed E-state index contributed by atoms with van der Waals surface area (Å²) < 4.78 is 54.0. The number of carbonyl (C=O) groups excluding carboxylic acids is 1. The Kier molecular flexibility index (Phi) is 7.22. The third-order valence-corrected chi connectivity index (χ3v) is 10.4. The van der Waals surface area contributed by atoms with Gasteiger partial charge in [-0.2, -0.15) is 9.57 Å². The zero-order valence-electron chi connectivity index (χ0n) is 21.5. The molecule has 6 rings (SSSR count). The topological polar surface area (TPSA) is 103 Å². The number of sulfonamides is 1. The highest BCUT2D eigenvalue weighted by molar-refractivity contribution is 7.89. The molecule has 2 aromatic carbocycles. The number of halogens is 1. The lowest BCUT2D eigenvalue weighted by atomic mass is 10.2. The first kappa shape index (κ1) is 26.7. The molecule has 0 N–H and O–H groups in total. The molecule has 40 heavy (non-hydrogen) atoms. The Bertz CT molecular complexity index is 1520. The van der Waals surface area contributed by atoms with Crippen LogP contribution < -0.4 is 14.5 Å². The largest absolute Gasteiger partial charge is 0.420 e. The Hall–Kier alpha value is -3.50. The van der Waals surface area contributed by atoms with Crippen molar-refractivity contribution >= 4 is 38.8 Å². The predicted molar refractivity (Wildman–Crippen MR) is 148 cm³/mol. The van der Waals surface area contributed by atoms with E-state index in [1.54, 1.807) is 29.6 Å². The van der Waals surface area contributed by atoms with E-state index in [1.807, 2.05) is 11.0 Å². The number of anilines is 2. The lowest BCUT2D eigenvalue weighted by Crippen LogP contribution is -2.38. The second kappa shape index (κ2) is 10.8. The van der Waals surface area contributed by atoms with E-state index in [0.717, 1.165) is 0 Å². The molecule has 1 amide bonds. The molecule has 3 aromatic rings. The van der Waals surface area contributed by atoms with Crippen LogP contribution in [0.2, 0.25) is 0 Å². The maximum absolute atomic E-state index is 15.3. The molecular weight excluding hydrogens is 555 g/mol. The van der Waals surface area contributed by atoms with Crippen LogP contribution in [0.1, 0.15) is 5.56 Å². The minimum atomic E-state index is -3.69. The molecular formula is C28H27FN4O5S2. The van der Waals surface area contributed by atoms with Crippen molar-refractivity contribution in [2.75, 3.05) is 55.7 Å². The van der Waals surface area contributed by atoms with Gasteiger partial charge in [-0.25, -0.2) is 17.6 Å². The number of fused-ring (bicyclic) bond motifs is 1. The normalized spacial score (nSPS) is 22.4. The molecule has 0 radical (unpaired) electrons. The van der Waals surface area contributed by atoms with E-state index in [1.165, 1.54) is 50.9 Å². The summed E-state index contributed by atoms with van der Waals surface area (Å²) in [7, 11) is -3.69. The number of rotatable bonds is 7. The molecule has 3 heterocycles. The summed E-state index contributed by atoms with van der Waals surface area (Å²) >= 11 is 1.29. The number of piperidine rings is 1. The van der Waals surface area contributed by atoms with Crippen LogP contribution in [0.25, 0.3) is 0 Å². The maximum Gasteiger partial charge on any atom is 0.420 e. The smallest absolute Gasteiger partial charge is 0.399 e. The third kappa shape index (κ3) is 5.17. The van der Waals surface area contributed by atoms with Crippen LogP contribution in [0.15, 0.2) is 64.9 Å². The first-order chi connectivity index (χ1) is 19.3. The maximum atomic E-state index is 15.3. The van der Waals surface area contributed by atoms with Gasteiger partial charge in [-0.1, -0.05) is 0 Å². The van der Waals surface area contributed by atoms with Gasteiger partial charge in [0.15, 0.2) is 5.06 Å². The zero-order valence-corrected chi connectivity index (χ0v) is 23.1. The predicted octanol–water partition coefficient (Wildman–Crippen LogP) is 4.17. The number of thiophene rings is 1. The van der Waals surface area contributed by atoms with Crippen molar-refractivity contribution in [3.05, 3.63) is 71.4 Å². The fourth-order valence-electron chi connectivity index (χ4n) is 5.61. The Morgan fingerprint density at radius 1 is 1.12 bits per heavy atom. The van der Waals surface area contributed by atoms with Crippen molar-refractivity contribution in [3.63, 3.8) is 0 Å². The van der Waals surface area contributed by atoms with Gasteiger partial charge < -0.3 is 14.4 Å². The van der Waals surface area contributed by atoms with Crippen molar-refractivity contribution < 1.29 is 27.1 Å². The van der Waals surface area contributed by atoms with E-state index in [9.17, 15) is 13.2 Å². The Labute approximate surface area is 236 Å². The van der Waals surface area contributed by atoms with Gasteiger partial charge in [0, 0.05) is 32.7 Å². The van der Waals surface area contributed by atoms with Crippen LogP contribution in [-0.2, 0) is 14.8 Å². The van der Waals surface area contributed by atoms with Gasteiger partial charge in [-0.3, -0.25) is 4.90 Å². The molecule has 1 aliphatic carbocycles. The first-order valence-electron chi connectivity index (χ1n) is 13.0. The Morgan fingerprint density at radius 3 is 2.48 bits per heavy atom. The summed E-state index contributed by atoms with van der Waals surface area (Å²) in [4.78, 5) is 16.8. The van der Waals surface area contributed by atoms with E-state index < -0.39 is 21.9 Å². The Balaban J connectivity index is 1.17. The highest BCUT2D eigenvalue weighted by Gasteiger charge is 2.58. The molecule has 0 bridgehead atoms. The quantitative estimate of drug-likeness (QED) is 0.412. The molecule has 2 unspecified atom stereocenters. The summed E-state index contributed by atoms with van der Waals surface area (Å²) in [6.45, 7) is 3.22. The number of morpholine rings is 1. The van der Waals surface area contributed by atoms with Gasteiger partial charge in [0.1, 0.15) is 5.82 Å². The minimum Gasteiger partial charge on any atom is -0.399 e. The average molecular weight is 583 g/mol. The van der Waals surface area contributed by atoms with Gasteiger partial charge in [-0.05, 0) is 77.7 Å². The van der Waals surface area contributed by atoms with Gasteiger partial charge in [0.05, 0.1) is 41.1 Å². The van der Waals surface area contributed by atoms with Crippen molar-refractivity contribution in [1.29, 1.82) is 5.26 Å². The lowest BCUT2D eigenvalue weighted by Gasteiger charge is -2.30. The van der Waals surface area contributed by atoms with Crippen molar-refractivity contribution in [2.45, 2.75) is 4.90 Å². The van der Waals surface area contributed by atoms with E-state index in [0.29, 0.717) is 67.9 Å². The van der Waals surface area contributed by atoms with E-state index in [2.05, 4.69) is 0 Å². The summed E-state index contributed by atoms with van der Waals surface area (Å²) in [5.74, 6) is -0.195. The van der Waals surface area contributed by atoms with Crippen molar-refractivity contribution in [3.8, 4) is 11.1 Å². The second-order valence-corrected chi connectivity index (χ2v) is 12.9. The number of benzene rings is 2. The molecule has 2 saturated heterocycles. The number of ether oxygens (including phenoxy) is 2. The average Bonchev–Trinajstić information content (AvgIpc) is 3.32. The van der Waals surface area contributed by atoms with Crippen LogP contribution in [-0.4, -0.2) is 64.8 Å². The molecule has 1 saturated carbocycles. The first-order valence-corrected chi connectivity index (χ1v) is 15.3. The highest BCUT2D eigenvalue weighted by atomic mass is 32.2. The van der Waals surface area contributed by atoms with Crippen LogP contribution in [0, 0.1) is 34.9 Å². The minimum absolute atomic E-state index is 0.0604. The second-order valence-electron chi connectivity index (χ2n) is 10.1. The molecule has 9 nitrogen and oxygen atoms in total. The fourth-order valence-corrected chi connectivity index (χ4v) is 7.69. The zero-order chi connectivity index (χ0) is 27.9. The number of hydrogen-bond acceptors (Lipinski definition) is 8. The number of nitrogens with zero attached hydrogens (tertiary/aromatic N) is 4. The van der Waals surface area contributed by atoms with Gasteiger partial charge in [0.25, 0.3) is 0 Å². The lowest BCUT2D eigenvalue weighted by molar-refractivity contribution is 0.122. The number of amides is 1. The SMILES string of the molecule is N#Cc1ccc(S(=O)(=O)N2CC3C(CN(C(=O)Oc4cccs4)c4ccc(N5CCOCC5)c(F)c4)C3C2)cc1. The molecule has 0 spiro atoms. The number of carbonyl (C=O) groups is 1. The van der Waals surface area contributed by atoms with Gasteiger partial charge in [-0.15, -0.1) is 11.3 Å². The molecule has 2 atom stereocenters. The fraction of sp³-hybridized carbons (Fsp3) is 0.357. The van der Waals surface area contributed by atoms with Crippen LogP contribution in [0.4, 0.5) is 20.6 Å². The summed E-state index contributed by atoms with van der Waals surface area (Å²) in [5, 5.41) is 11.2. The number of hydrogen-bond donors (Lipinski definition) is 0. The number of nitriles is 1. The molecule has 2 aliphatic heterocycles. The molecule has 208 valence electrons. The Morgan fingerprint density at radius 2 is 1.85 bits per heavy atom. The molecule has 3 aliphatic rings. The van der Waals surface area contributed by atoms with Crippen LogP contribution >= 0.6 is 11.3 Å².